The van der Waals surface area contributed by atoms with Gasteiger partial charge in [-0.3, -0.25) is 0 Å². The second-order valence-electron chi connectivity index (χ2n) is 5.74. The summed E-state index contributed by atoms with van der Waals surface area (Å²) in [6, 6.07) is 3.56. The minimum absolute atomic E-state index is 0.131. The fourth-order valence-corrected chi connectivity index (χ4v) is 2.72. The van der Waals surface area contributed by atoms with Crippen LogP contribution in [-0.4, -0.2) is 43.9 Å². The second-order valence-corrected chi connectivity index (χ2v) is 5.74. The highest BCUT2D eigenvalue weighted by Gasteiger charge is 2.25. The summed E-state index contributed by atoms with van der Waals surface area (Å²) < 4.78 is 10.6. The van der Waals surface area contributed by atoms with E-state index in [2.05, 4.69) is 9.88 Å². The van der Waals surface area contributed by atoms with E-state index in [1.165, 1.54) is 0 Å². The molecule has 0 aliphatic carbocycles. The van der Waals surface area contributed by atoms with Crippen molar-refractivity contribution in [2.75, 3.05) is 31.7 Å². The monoisotopic (exact) mass is 292 g/mol. The van der Waals surface area contributed by atoms with Crippen molar-refractivity contribution < 1.29 is 14.3 Å². The first-order valence-electron chi connectivity index (χ1n) is 7.51. The Bertz CT molecular complexity index is 474. The zero-order chi connectivity index (χ0) is 15.2. The van der Waals surface area contributed by atoms with Crippen molar-refractivity contribution in [3.05, 3.63) is 23.9 Å². The van der Waals surface area contributed by atoms with Crippen molar-refractivity contribution in [1.82, 2.24) is 4.98 Å². The van der Waals surface area contributed by atoms with Crippen molar-refractivity contribution in [3.63, 3.8) is 0 Å². The Morgan fingerprint density at radius 3 is 3.05 bits per heavy atom. The Kier molecular flexibility index (Phi) is 5.56. The van der Waals surface area contributed by atoms with Crippen molar-refractivity contribution in [2.24, 2.45) is 5.92 Å². The van der Waals surface area contributed by atoms with Crippen LogP contribution in [0.5, 0.6) is 0 Å². The van der Waals surface area contributed by atoms with E-state index in [-0.39, 0.29) is 12.1 Å². The van der Waals surface area contributed by atoms with Gasteiger partial charge in [0.2, 0.25) is 0 Å². The molecule has 5 nitrogen and oxygen atoms in total. The molecular formula is C16H24N2O3. The number of pyridine rings is 1. The Hall–Kier alpha value is -1.62. The third-order valence-corrected chi connectivity index (χ3v) is 3.57. The summed E-state index contributed by atoms with van der Waals surface area (Å²) in [4.78, 5) is 18.8. The number of piperidine rings is 1. The van der Waals surface area contributed by atoms with E-state index in [0.717, 1.165) is 38.4 Å². The molecule has 1 atom stereocenters. The standard InChI is InChI=1S/C16H24N2O3/c1-12(2)21-16(19)14-7-4-8-17-15(14)18-9-5-6-13(10-18)11-20-3/h4,7-8,12-13H,5-6,9-11H2,1-3H3/t13-/m1/s1. The van der Waals surface area contributed by atoms with Gasteiger partial charge in [0.15, 0.2) is 0 Å². The summed E-state index contributed by atoms with van der Waals surface area (Å²) in [6.07, 6.45) is 3.83. The van der Waals surface area contributed by atoms with E-state index in [0.29, 0.717) is 11.5 Å². The molecule has 0 aromatic carbocycles. The average molecular weight is 292 g/mol. The van der Waals surface area contributed by atoms with Crippen LogP contribution in [0.2, 0.25) is 0 Å². The van der Waals surface area contributed by atoms with E-state index in [1.807, 2.05) is 13.8 Å². The number of esters is 1. The van der Waals surface area contributed by atoms with Crippen LogP contribution in [-0.2, 0) is 9.47 Å². The maximum absolute atomic E-state index is 12.2. The Morgan fingerprint density at radius 2 is 2.33 bits per heavy atom. The maximum atomic E-state index is 12.2. The number of carbonyl (C=O) groups excluding carboxylic acids is 1. The van der Waals surface area contributed by atoms with Gasteiger partial charge in [0.05, 0.1) is 12.7 Å². The van der Waals surface area contributed by atoms with Gasteiger partial charge in [0.25, 0.3) is 0 Å². The number of ether oxygens (including phenoxy) is 2. The lowest BCUT2D eigenvalue weighted by molar-refractivity contribution is 0.0378. The van der Waals surface area contributed by atoms with Gasteiger partial charge in [-0.1, -0.05) is 0 Å². The second kappa shape index (κ2) is 7.41. The fraction of sp³-hybridized carbons (Fsp3) is 0.625. The number of methoxy groups -OCH3 is 1. The Balaban J connectivity index is 2.17. The van der Waals surface area contributed by atoms with Crippen LogP contribution in [0, 0.1) is 5.92 Å². The summed E-state index contributed by atoms with van der Waals surface area (Å²) in [5, 5.41) is 0. The summed E-state index contributed by atoms with van der Waals surface area (Å²) >= 11 is 0. The quantitative estimate of drug-likeness (QED) is 0.781. The third kappa shape index (κ3) is 4.17. The van der Waals surface area contributed by atoms with Crippen molar-refractivity contribution in [3.8, 4) is 0 Å². The van der Waals surface area contributed by atoms with Gasteiger partial charge in [0.1, 0.15) is 11.4 Å². The lowest BCUT2D eigenvalue weighted by atomic mass is 9.98. The molecule has 0 unspecified atom stereocenters. The zero-order valence-electron chi connectivity index (χ0n) is 13.0. The maximum Gasteiger partial charge on any atom is 0.342 e. The first-order chi connectivity index (χ1) is 10.1. The minimum atomic E-state index is -0.304. The fourth-order valence-electron chi connectivity index (χ4n) is 2.72. The molecule has 1 fully saturated rings. The molecule has 21 heavy (non-hydrogen) atoms. The smallest absolute Gasteiger partial charge is 0.342 e. The number of carbonyl (C=O) groups is 1. The van der Waals surface area contributed by atoms with Gasteiger partial charge >= 0.3 is 5.97 Å². The molecule has 116 valence electrons. The topological polar surface area (TPSA) is 51.7 Å². The number of hydrogen-bond donors (Lipinski definition) is 0. The molecule has 2 heterocycles. The van der Waals surface area contributed by atoms with Crippen LogP contribution in [0.25, 0.3) is 0 Å². The number of nitrogens with zero attached hydrogens (tertiary/aromatic N) is 2. The summed E-state index contributed by atoms with van der Waals surface area (Å²) in [5.74, 6) is 0.908. The molecule has 0 amide bonds. The van der Waals surface area contributed by atoms with Gasteiger partial charge in [0, 0.05) is 26.4 Å². The highest BCUT2D eigenvalue weighted by atomic mass is 16.5. The van der Waals surface area contributed by atoms with Crippen LogP contribution >= 0.6 is 0 Å². The molecule has 0 radical (unpaired) electrons. The molecule has 1 aromatic heterocycles. The normalized spacial score (nSPS) is 18.9. The van der Waals surface area contributed by atoms with E-state index in [9.17, 15) is 4.79 Å². The van der Waals surface area contributed by atoms with Gasteiger partial charge < -0.3 is 14.4 Å². The van der Waals surface area contributed by atoms with Crippen molar-refractivity contribution in [1.29, 1.82) is 0 Å². The van der Waals surface area contributed by atoms with Crippen molar-refractivity contribution >= 4 is 11.8 Å². The number of rotatable bonds is 5. The summed E-state index contributed by atoms with van der Waals surface area (Å²) in [5.41, 5.74) is 0.546. The highest BCUT2D eigenvalue weighted by molar-refractivity contribution is 5.94. The van der Waals surface area contributed by atoms with E-state index in [1.54, 1.807) is 25.4 Å². The molecular weight excluding hydrogens is 268 g/mol. The molecule has 0 spiro atoms. The number of aromatic nitrogens is 1. The highest BCUT2D eigenvalue weighted by Crippen LogP contribution is 2.25. The van der Waals surface area contributed by atoms with Gasteiger partial charge in [-0.15, -0.1) is 0 Å². The molecule has 1 aromatic rings. The Morgan fingerprint density at radius 1 is 1.52 bits per heavy atom. The Labute approximate surface area is 126 Å². The van der Waals surface area contributed by atoms with Crippen LogP contribution < -0.4 is 4.90 Å². The zero-order valence-corrected chi connectivity index (χ0v) is 13.0. The number of hydrogen-bond acceptors (Lipinski definition) is 5. The molecule has 1 aliphatic rings. The predicted octanol–water partition coefficient (Wildman–Crippen LogP) is 2.51. The largest absolute Gasteiger partial charge is 0.459 e. The average Bonchev–Trinajstić information content (AvgIpc) is 2.47. The molecule has 5 heteroatoms. The van der Waals surface area contributed by atoms with E-state index < -0.39 is 0 Å². The molecule has 0 N–H and O–H groups in total. The van der Waals surface area contributed by atoms with Gasteiger partial charge in [-0.05, 0) is 44.7 Å². The van der Waals surface area contributed by atoms with E-state index >= 15 is 0 Å². The molecule has 2 rings (SSSR count). The SMILES string of the molecule is COC[C@@H]1CCCN(c2ncccc2C(=O)OC(C)C)C1. The molecule has 0 saturated carbocycles. The first kappa shape index (κ1) is 15.8. The summed E-state index contributed by atoms with van der Waals surface area (Å²) in [6.45, 7) is 6.23. The lowest BCUT2D eigenvalue weighted by Crippen LogP contribution is -2.38. The number of anilines is 1. The van der Waals surface area contributed by atoms with Crippen LogP contribution in [0.3, 0.4) is 0 Å². The lowest BCUT2D eigenvalue weighted by Gasteiger charge is -2.34. The van der Waals surface area contributed by atoms with E-state index in [4.69, 9.17) is 9.47 Å². The predicted molar refractivity (Wildman–Crippen MR) is 81.6 cm³/mol. The molecule has 0 bridgehead atoms. The minimum Gasteiger partial charge on any atom is -0.459 e. The first-order valence-corrected chi connectivity index (χ1v) is 7.51. The van der Waals surface area contributed by atoms with Gasteiger partial charge in [-0.25, -0.2) is 9.78 Å². The summed E-state index contributed by atoms with van der Waals surface area (Å²) in [7, 11) is 1.73. The van der Waals surface area contributed by atoms with Gasteiger partial charge in [-0.2, -0.15) is 0 Å². The van der Waals surface area contributed by atoms with Crippen LogP contribution in [0.15, 0.2) is 18.3 Å². The van der Waals surface area contributed by atoms with Crippen LogP contribution in [0.4, 0.5) is 5.82 Å². The molecule has 1 aliphatic heterocycles. The van der Waals surface area contributed by atoms with Crippen LogP contribution in [0.1, 0.15) is 37.0 Å². The third-order valence-electron chi connectivity index (χ3n) is 3.57. The van der Waals surface area contributed by atoms with Crippen molar-refractivity contribution in [2.45, 2.75) is 32.8 Å². The molecule has 1 saturated heterocycles.